The van der Waals surface area contributed by atoms with Crippen LogP contribution in [0, 0.1) is 0 Å². The predicted molar refractivity (Wildman–Crippen MR) is 125 cm³/mol. The van der Waals surface area contributed by atoms with E-state index in [4.69, 9.17) is 9.57 Å². The van der Waals surface area contributed by atoms with Crippen LogP contribution in [0.15, 0.2) is 90.1 Å². The smallest absolute Gasteiger partial charge is 0.318 e. The Hall–Kier alpha value is -3.80. The van der Waals surface area contributed by atoms with E-state index in [1.165, 1.54) is 0 Å². The Morgan fingerprint density at radius 3 is 2.38 bits per heavy atom. The van der Waals surface area contributed by atoms with Gasteiger partial charge in [-0.05, 0) is 23.3 Å². The van der Waals surface area contributed by atoms with Gasteiger partial charge in [0.05, 0.1) is 19.4 Å². The van der Waals surface area contributed by atoms with E-state index in [1.807, 2.05) is 84.9 Å². The van der Waals surface area contributed by atoms with E-state index in [2.05, 4.69) is 10.5 Å². The number of ether oxygens (including phenoxy) is 1. The minimum atomic E-state index is -0.221. The molecule has 164 valence electrons. The number of nitrogens with zero attached hydrogens (tertiary/aromatic N) is 2. The first-order valence-corrected chi connectivity index (χ1v) is 10.7. The van der Waals surface area contributed by atoms with Crippen LogP contribution in [0.5, 0.6) is 5.75 Å². The van der Waals surface area contributed by atoms with Crippen LogP contribution in [0.2, 0.25) is 0 Å². The van der Waals surface area contributed by atoms with Gasteiger partial charge in [-0.3, -0.25) is 0 Å². The van der Waals surface area contributed by atoms with Gasteiger partial charge in [0.1, 0.15) is 5.75 Å². The monoisotopic (exact) mass is 429 g/mol. The van der Waals surface area contributed by atoms with E-state index in [9.17, 15) is 4.79 Å². The third-order valence-electron chi connectivity index (χ3n) is 5.36. The molecule has 6 heteroatoms. The first kappa shape index (κ1) is 21.4. The molecule has 3 aromatic carbocycles. The highest BCUT2D eigenvalue weighted by Gasteiger charge is 2.28. The lowest BCUT2D eigenvalue weighted by molar-refractivity contribution is 0.0589. The predicted octanol–water partition coefficient (Wildman–Crippen LogP) is 4.60. The Kier molecular flexibility index (Phi) is 7.02. The number of para-hydroxylation sites is 1. The molecule has 1 atom stereocenters. The zero-order valence-corrected chi connectivity index (χ0v) is 18.1. The number of hydrogen-bond acceptors (Lipinski definition) is 4. The molecule has 1 heterocycles. The highest BCUT2D eigenvalue weighted by molar-refractivity contribution is 6.03. The minimum Gasteiger partial charge on any atom is -0.496 e. The van der Waals surface area contributed by atoms with Crippen LogP contribution in [0.25, 0.3) is 0 Å². The summed E-state index contributed by atoms with van der Waals surface area (Å²) >= 11 is 0. The molecule has 32 heavy (non-hydrogen) atoms. The van der Waals surface area contributed by atoms with E-state index in [0.717, 1.165) is 28.2 Å². The fourth-order valence-electron chi connectivity index (χ4n) is 3.72. The number of rotatable bonds is 8. The second kappa shape index (κ2) is 10.5. The zero-order chi connectivity index (χ0) is 22.2. The van der Waals surface area contributed by atoms with E-state index >= 15 is 0 Å². The van der Waals surface area contributed by atoms with Crippen molar-refractivity contribution in [3.05, 3.63) is 102 Å². The number of benzene rings is 3. The molecule has 3 aromatic rings. The summed E-state index contributed by atoms with van der Waals surface area (Å²) in [6.07, 6.45) is 0.388. The van der Waals surface area contributed by atoms with Crippen molar-refractivity contribution in [2.24, 2.45) is 5.16 Å². The van der Waals surface area contributed by atoms with Gasteiger partial charge in [-0.2, -0.15) is 0 Å². The lowest BCUT2D eigenvalue weighted by atomic mass is 10.0. The first-order valence-electron chi connectivity index (χ1n) is 10.7. The van der Waals surface area contributed by atoms with Gasteiger partial charge in [0.25, 0.3) is 0 Å². The van der Waals surface area contributed by atoms with Crippen LogP contribution in [0.1, 0.15) is 23.1 Å². The van der Waals surface area contributed by atoms with Gasteiger partial charge >= 0.3 is 6.03 Å². The van der Waals surface area contributed by atoms with Crippen LogP contribution in [0.3, 0.4) is 0 Å². The van der Waals surface area contributed by atoms with Crippen molar-refractivity contribution in [1.82, 2.24) is 10.2 Å². The molecule has 6 nitrogen and oxygen atoms in total. The second-order valence-electron chi connectivity index (χ2n) is 7.68. The topological polar surface area (TPSA) is 63.2 Å². The molecule has 0 bridgehead atoms. The third kappa shape index (κ3) is 5.46. The molecule has 0 saturated carbocycles. The van der Waals surface area contributed by atoms with Crippen molar-refractivity contribution in [1.29, 1.82) is 0 Å². The Balaban J connectivity index is 1.43. The number of carbonyl (C=O) groups excluding carboxylic acids is 1. The van der Waals surface area contributed by atoms with Gasteiger partial charge in [0, 0.05) is 25.1 Å². The third-order valence-corrected chi connectivity index (χ3v) is 5.36. The Bertz CT molecular complexity index is 1050. The second-order valence-corrected chi connectivity index (χ2v) is 7.68. The molecule has 1 aliphatic heterocycles. The average Bonchev–Trinajstić information content (AvgIpc) is 3.32. The SMILES string of the molecule is COc1ccccc1C1=NOC(CN(Cc2ccccc2)C(=O)NCc2ccccc2)C1. The number of oxime groups is 1. The zero-order valence-electron chi connectivity index (χ0n) is 18.1. The molecule has 1 N–H and O–H groups in total. The standard InChI is InChI=1S/C26H27N3O3/c1-31-25-15-9-8-14-23(25)24-16-22(32-28-24)19-29(18-21-12-6-3-7-13-21)26(30)27-17-20-10-4-2-5-11-20/h2-15,22H,16-19H2,1H3,(H,27,30). The Morgan fingerprint density at radius 2 is 1.66 bits per heavy atom. The Labute approximate surface area is 188 Å². The molecule has 0 saturated heterocycles. The molecule has 4 rings (SSSR count). The highest BCUT2D eigenvalue weighted by Crippen LogP contribution is 2.25. The minimum absolute atomic E-state index is 0.132. The lowest BCUT2D eigenvalue weighted by Gasteiger charge is -2.25. The van der Waals surface area contributed by atoms with Crippen LogP contribution in [-0.4, -0.2) is 36.4 Å². The molecule has 0 radical (unpaired) electrons. The summed E-state index contributed by atoms with van der Waals surface area (Å²) in [5.74, 6) is 0.761. The number of carbonyl (C=O) groups is 1. The summed E-state index contributed by atoms with van der Waals surface area (Å²) in [5.41, 5.74) is 3.86. The van der Waals surface area contributed by atoms with Gasteiger partial charge in [-0.15, -0.1) is 0 Å². The summed E-state index contributed by atoms with van der Waals surface area (Å²) < 4.78 is 5.45. The van der Waals surface area contributed by atoms with Crippen molar-refractivity contribution in [2.45, 2.75) is 25.6 Å². The summed E-state index contributed by atoms with van der Waals surface area (Å²) in [7, 11) is 1.64. The number of methoxy groups -OCH3 is 1. The average molecular weight is 430 g/mol. The molecular weight excluding hydrogens is 402 g/mol. The van der Waals surface area contributed by atoms with Gasteiger partial charge in [0.15, 0.2) is 6.10 Å². The van der Waals surface area contributed by atoms with Gasteiger partial charge in [-0.1, -0.05) is 78.0 Å². The fraction of sp³-hybridized carbons (Fsp3) is 0.231. The largest absolute Gasteiger partial charge is 0.496 e. The number of nitrogens with one attached hydrogen (secondary N) is 1. The van der Waals surface area contributed by atoms with E-state index in [1.54, 1.807) is 12.0 Å². The Morgan fingerprint density at radius 1 is 1.00 bits per heavy atom. The van der Waals surface area contributed by atoms with Crippen LogP contribution < -0.4 is 10.1 Å². The molecular formula is C26H27N3O3. The van der Waals surface area contributed by atoms with Crippen molar-refractivity contribution < 1.29 is 14.4 Å². The first-order chi connectivity index (χ1) is 15.7. The maximum absolute atomic E-state index is 13.1. The van der Waals surface area contributed by atoms with E-state index in [0.29, 0.717) is 26.1 Å². The van der Waals surface area contributed by atoms with Gasteiger partial charge in [0.2, 0.25) is 0 Å². The molecule has 2 amide bonds. The molecule has 1 unspecified atom stereocenters. The van der Waals surface area contributed by atoms with Crippen LogP contribution in [0.4, 0.5) is 4.79 Å². The van der Waals surface area contributed by atoms with Crippen LogP contribution >= 0.6 is 0 Å². The quantitative estimate of drug-likeness (QED) is 0.569. The summed E-state index contributed by atoms with van der Waals surface area (Å²) in [4.78, 5) is 20.6. The molecule has 0 spiro atoms. The normalized spacial score (nSPS) is 14.9. The highest BCUT2D eigenvalue weighted by atomic mass is 16.6. The van der Waals surface area contributed by atoms with Crippen molar-refractivity contribution in [3.8, 4) is 5.75 Å². The van der Waals surface area contributed by atoms with Crippen LogP contribution in [-0.2, 0) is 17.9 Å². The van der Waals surface area contributed by atoms with Gasteiger partial charge < -0.3 is 19.8 Å². The molecule has 1 aliphatic rings. The molecule has 0 aliphatic carbocycles. The van der Waals surface area contributed by atoms with E-state index in [-0.39, 0.29) is 12.1 Å². The maximum Gasteiger partial charge on any atom is 0.318 e. The fourth-order valence-corrected chi connectivity index (χ4v) is 3.72. The lowest BCUT2D eigenvalue weighted by Crippen LogP contribution is -2.43. The summed E-state index contributed by atoms with van der Waals surface area (Å²) in [6.45, 7) is 1.39. The van der Waals surface area contributed by atoms with Crippen molar-refractivity contribution in [2.75, 3.05) is 13.7 Å². The van der Waals surface area contributed by atoms with Gasteiger partial charge in [-0.25, -0.2) is 4.79 Å². The number of hydrogen-bond donors (Lipinski definition) is 1. The summed E-state index contributed by atoms with van der Waals surface area (Å²) in [6, 6.07) is 27.5. The molecule has 0 aromatic heterocycles. The summed E-state index contributed by atoms with van der Waals surface area (Å²) in [5, 5.41) is 7.32. The maximum atomic E-state index is 13.1. The number of amides is 2. The molecule has 0 fully saturated rings. The van der Waals surface area contributed by atoms with Crippen molar-refractivity contribution in [3.63, 3.8) is 0 Å². The van der Waals surface area contributed by atoms with Crippen molar-refractivity contribution >= 4 is 11.7 Å². The van der Waals surface area contributed by atoms with E-state index < -0.39 is 0 Å². The number of urea groups is 1.